The number of piperidine rings is 1. The molecule has 1 saturated heterocycles. The molecule has 0 aromatic heterocycles. The lowest BCUT2D eigenvalue weighted by atomic mass is 9.97. The van der Waals surface area contributed by atoms with Gasteiger partial charge < -0.3 is 15.0 Å². The lowest BCUT2D eigenvalue weighted by molar-refractivity contribution is -0.146. The average molecular weight is 481 g/mol. The molecule has 1 N–H and O–H groups in total. The Hall–Kier alpha value is -1.45. The Kier molecular flexibility index (Phi) is 9.24. The van der Waals surface area contributed by atoms with Gasteiger partial charge in [0.1, 0.15) is 0 Å². The number of nitrogens with zero attached hydrogens (tertiary/aromatic N) is 2. The van der Waals surface area contributed by atoms with Crippen molar-refractivity contribution >= 4 is 35.9 Å². The molecule has 0 amide bonds. The second-order valence-electron chi connectivity index (χ2n) is 6.29. The van der Waals surface area contributed by atoms with E-state index in [0.717, 1.165) is 43.5 Å². The lowest BCUT2D eigenvalue weighted by Crippen LogP contribution is -2.47. The molecule has 5 nitrogen and oxygen atoms in total. The first-order valence-corrected chi connectivity index (χ1v) is 8.44. The predicted molar refractivity (Wildman–Crippen MR) is 108 cm³/mol. The fourth-order valence-electron chi connectivity index (χ4n) is 3.01. The van der Waals surface area contributed by atoms with Crippen molar-refractivity contribution in [2.45, 2.75) is 25.7 Å². The SMILES string of the molecule is CN=C(NCC(C)c1ccc(F)c(F)c1)N1CCC(C(=O)OC)CC1.I. The second-order valence-corrected chi connectivity index (χ2v) is 6.29. The molecule has 8 heteroatoms. The maximum absolute atomic E-state index is 13.4. The Morgan fingerprint density at radius 1 is 1.35 bits per heavy atom. The number of carbonyl (C=O) groups excluding carboxylic acids is 1. The highest BCUT2D eigenvalue weighted by Crippen LogP contribution is 2.20. The molecule has 1 atom stereocenters. The first-order chi connectivity index (χ1) is 12.0. The molecule has 1 aromatic rings. The van der Waals surface area contributed by atoms with Crippen LogP contribution in [0.1, 0.15) is 31.2 Å². The molecule has 0 aliphatic carbocycles. The van der Waals surface area contributed by atoms with Gasteiger partial charge in [-0.3, -0.25) is 9.79 Å². The number of likely N-dealkylation sites (tertiary alicyclic amines) is 1. The molecule has 146 valence electrons. The normalized spacial score (nSPS) is 16.7. The number of guanidine groups is 1. The number of carbonyl (C=O) groups is 1. The number of methoxy groups -OCH3 is 1. The monoisotopic (exact) mass is 481 g/mol. The van der Waals surface area contributed by atoms with Gasteiger partial charge in [0.15, 0.2) is 17.6 Å². The summed E-state index contributed by atoms with van der Waals surface area (Å²) in [6, 6.07) is 3.97. The van der Waals surface area contributed by atoms with Gasteiger partial charge in [-0.2, -0.15) is 0 Å². The Morgan fingerprint density at radius 2 is 2.00 bits per heavy atom. The van der Waals surface area contributed by atoms with Gasteiger partial charge in [0, 0.05) is 26.7 Å². The summed E-state index contributed by atoms with van der Waals surface area (Å²) in [6.07, 6.45) is 1.46. The number of hydrogen-bond donors (Lipinski definition) is 1. The van der Waals surface area contributed by atoms with Crippen molar-refractivity contribution in [2.24, 2.45) is 10.9 Å². The van der Waals surface area contributed by atoms with Crippen molar-refractivity contribution < 1.29 is 18.3 Å². The summed E-state index contributed by atoms with van der Waals surface area (Å²) in [6.45, 7) is 3.93. The molecule has 1 fully saturated rings. The third kappa shape index (κ3) is 5.78. The molecule has 1 heterocycles. The van der Waals surface area contributed by atoms with Crippen LogP contribution in [-0.2, 0) is 9.53 Å². The molecule has 2 rings (SSSR count). The van der Waals surface area contributed by atoms with Crippen molar-refractivity contribution in [3.8, 4) is 0 Å². The summed E-state index contributed by atoms with van der Waals surface area (Å²) in [5.74, 6) is -1.14. The van der Waals surface area contributed by atoms with E-state index in [2.05, 4.69) is 15.2 Å². The summed E-state index contributed by atoms with van der Waals surface area (Å²) in [4.78, 5) is 18.0. The van der Waals surface area contributed by atoms with Gasteiger partial charge in [-0.05, 0) is 36.5 Å². The van der Waals surface area contributed by atoms with E-state index in [1.807, 2.05) is 6.92 Å². The van der Waals surface area contributed by atoms with Gasteiger partial charge >= 0.3 is 5.97 Å². The number of halogens is 3. The molecule has 1 aliphatic rings. The molecular weight excluding hydrogens is 455 g/mol. The van der Waals surface area contributed by atoms with E-state index >= 15 is 0 Å². The first kappa shape index (κ1) is 22.6. The molecule has 0 saturated carbocycles. The van der Waals surface area contributed by atoms with Crippen LogP contribution in [0.15, 0.2) is 23.2 Å². The number of benzene rings is 1. The zero-order chi connectivity index (χ0) is 18.4. The van der Waals surface area contributed by atoms with E-state index in [9.17, 15) is 13.6 Å². The number of esters is 1. The lowest BCUT2D eigenvalue weighted by Gasteiger charge is -2.33. The quantitative estimate of drug-likeness (QED) is 0.311. The van der Waals surface area contributed by atoms with Crippen LogP contribution in [0.4, 0.5) is 8.78 Å². The number of nitrogens with one attached hydrogen (secondary N) is 1. The van der Waals surface area contributed by atoms with Crippen LogP contribution in [0.2, 0.25) is 0 Å². The summed E-state index contributed by atoms with van der Waals surface area (Å²) in [5.41, 5.74) is 0.728. The van der Waals surface area contributed by atoms with Crippen molar-refractivity contribution in [1.29, 1.82) is 0 Å². The van der Waals surface area contributed by atoms with Gasteiger partial charge in [-0.1, -0.05) is 13.0 Å². The Labute approximate surface area is 170 Å². The fraction of sp³-hybridized carbons (Fsp3) is 0.556. The molecule has 1 aromatic carbocycles. The summed E-state index contributed by atoms with van der Waals surface area (Å²) >= 11 is 0. The number of aliphatic imine (C=N–C) groups is 1. The topological polar surface area (TPSA) is 53.9 Å². The molecule has 0 spiro atoms. The number of rotatable bonds is 4. The maximum Gasteiger partial charge on any atom is 0.308 e. The highest BCUT2D eigenvalue weighted by atomic mass is 127. The van der Waals surface area contributed by atoms with Crippen LogP contribution in [0, 0.1) is 17.6 Å². The minimum Gasteiger partial charge on any atom is -0.469 e. The average Bonchev–Trinajstić information content (AvgIpc) is 2.64. The van der Waals surface area contributed by atoms with Gasteiger partial charge in [-0.25, -0.2) is 8.78 Å². The van der Waals surface area contributed by atoms with Crippen molar-refractivity contribution in [3.05, 3.63) is 35.4 Å². The molecule has 1 unspecified atom stereocenters. The standard InChI is InChI=1S/C18H25F2N3O2.HI/c1-12(14-4-5-15(19)16(20)10-14)11-22-18(21-2)23-8-6-13(7-9-23)17(24)25-3;/h4-5,10,12-13H,6-9,11H2,1-3H3,(H,21,22);1H. The molecule has 1 aliphatic heterocycles. The van der Waals surface area contributed by atoms with E-state index in [1.54, 1.807) is 13.1 Å². The fourth-order valence-corrected chi connectivity index (χ4v) is 3.01. The van der Waals surface area contributed by atoms with Crippen LogP contribution < -0.4 is 5.32 Å². The summed E-state index contributed by atoms with van der Waals surface area (Å²) in [5, 5.41) is 3.27. The van der Waals surface area contributed by atoms with Gasteiger partial charge in [0.05, 0.1) is 13.0 Å². The van der Waals surface area contributed by atoms with Crippen LogP contribution in [-0.4, -0.2) is 50.6 Å². The highest BCUT2D eigenvalue weighted by molar-refractivity contribution is 14.0. The predicted octanol–water partition coefficient (Wildman–Crippen LogP) is 3.15. The summed E-state index contributed by atoms with van der Waals surface area (Å²) in [7, 11) is 3.12. The number of ether oxygens (including phenoxy) is 1. The van der Waals surface area contributed by atoms with Crippen LogP contribution in [0.5, 0.6) is 0 Å². The minimum absolute atomic E-state index is 0. The van der Waals surface area contributed by atoms with Crippen molar-refractivity contribution in [1.82, 2.24) is 10.2 Å². The van der Waals surface area contributed by atoms with E-state index < -0.39 is 11.6 Å². The smallest absolute Gasteiger partial charge is 0.308 e. The molecule has 0 bridgehead atoms. The van der Waals surface area contributed by atoms with E-state index in [-0.39, 0.29) is 41.8 Å². The largest absolute Gasteiger partial charge is 0.469 e. The second kappa shape index (κ2) is 10.6. The first-order valence-electron chi connectivity index (χ1n) is 8.44. The maximum atomic E-state index is 13.4. The zero-order valence-corrected chi connectivity index (χ0v) is 17.6. The Bertz CT molecular complexity index is 635. The third-order valence-electron chi connectivity index (χ3n) is 4.62. The Morgan fingerprint density at radius 3 is 2.54 bits per heavy atom. The van der Waals surface area contributed by atoms with E-state index in [1.165, 1.54) is 13.2 Å². The highest BCUT2D eigenvalue weighted by Gasteiger charge is 2.27. The zero-order valence-electron chi connectivity index (χ0n) is 15.3. The van der Waals surface area contributed by atoms with Crippen molar-refractivity contribution in [3.63, 3.8) is 0 Å². The third-order valence-corrected chi connectivity index (χ3v) is 4.62. The molecule has 26 heavy (non-hydrogen) atoms. The number of hydrogen-bond acceptors (Lipinski definition) is 3. The van der Waals surface area contributed by atoms with Crippen LogP contribution in [0.3, 0.4) is 0 Å². The van der Waals surface area contributed by atoms with E-state index in [4.69, 9.17) is 4.74 Å². The van der Waals surface area contributed by atoms with Gasteiger partial charge in [-0.15, -0.1) is 24.0 Å². The molecule has 0 radical (unpaired) electrons. The van der Waals surface area contributed by atoms with Crippen LogP contribution >= 0.6 is 24.0 Å². The van der Waals surface area contributed by atoms with Crippen LogP contribution in [0.25, 0.3) is 0 Å². The summed E-state index contributed by atoms with van der Waals surface area (Å²) < 4.78 is 31.2. The van der Waals surface area contributed by atoms with Gasteiger partial charge in [0.2, 0.25) is 0 Å². The van der Waals surface area contributed by atoms with E-state index in [0.29, 0.717) is 6.54 Å². The minimum atomic E-state index is -0.840. The Balaban J connectivity index is 0.00000338. The van der Waals surface area contributed by atoms with Crippen molar-refractivity contribution in [2.75, 3.05) is 33.8 Å². The van der Waals surface area contributed by atoms with Gasteiger partial charge in [0.25, 0.3) is 0 Å². The molecular formula is C18H26F2IN3O2.